The number of aliphatic imine (C=N–C) groups is 1. The molecule has 6 nitrogen and oxygen atoms in total. The number of benzene rings is 1. The predicted molar refractivity (Wildman–Crippen MR) is 104 cm³/mol. The Bertz CT molecular complexity index is 566. The second kappa shape index (κ2) is 9.90. The van der Waals surface area contributed by atoms with E-state index in [1.807, 2.05) is 13.1 Å². The normalized spacial score (nSPS) is 24.8. The molecule has 144 valence electrons. The lowest BCUT2D eigenvalue weighted by atomic mass is 10.1. The van der Waals surface area contributed by atoms with E-state index in [1.165, 1.54) is 5.56 Å². The van der Waals surface area contributed by atoms with Crippen LogP contribution in [-0.2, 0) is 16.1 Å². The van der Waals surface area contributed by atoms with Crippen LogP contribution in [0, 0.1) is 5.92 Å². The molecular formula is C20H32N4O2. The summed E-state index contributed by atoms with van der Waals surface area (Å²) in [4.78, 5) is 9.11. The predicted octanol–water partition coefficient (Wildman–Crippen LogP) is 1.43. The number of nitrogens with one attached hydrogen (secondary N) is 1. The fraction of sp³-hybridized carbons (Fsp3) is 0.650. The molecule has 0 bridgehead atoms. The fourth-order valence-corrected chi connectivity index (χ4v) is 3.61. The van der Waals surface area contributed by atoms with Crippen molar-refractivity contribution in [3.8, 4) is 0 Å². The Balaban J connectivity index is 1.37. The SMILES string of the molecule is CN=C(NCC1CN(C)CCO1)N1CCC(COCc2ccccc2)C1. The van der Waals surface area contributed by atoms with Crippen LogP contribution in [0.4, 0.5) is 0 Å². The van der Waals surface area contributed by atoms with E-state index in [0.29, 0.717) is 12.5 Å². The summed E-state index contributed by atoms with van der Waals surface area (Å²) in [5.74, 6) is 1.54. The summed E-state index contributed by atoms with van der Waals surface area (Å²) in [5.41, 5.74) is 1.23. The summed E-state index contributed by atoms with van der Waals surface area (Å²) in [6.07, 6.45) is 1.39. The maximum Gasteiger partial charge on any atom is 0.193 e. The van der Waals surface area contributed by atoms with Crippen LogP contribution in [0.5, 0.6) is 0 Å². The van der Waals surface area contributed by atoms with Gasteiger partial charge in [0, 0.05) is 45.7 Å². The first-order valence-electron chi connectivity index (χ1n) is 9.62. The molecule has 0 aromatic heterocycles. The van der Waals surface area contributed by atoms with Crippen LogP contribution >= 0.6 is 0 Å². The van der Waals surface area contributed by atoms with E-state index in [2.05, 4.69) is 51.4 Å². The number of likely N-dealkylation sites (N-methyl/N-ethyl adjacent to an activating group) is 1. The second-order valence-corrected chi connectivity index (χ2v) is 7.28. The number of hydrogen-bond acceptors (Lipinski definition) is 4. The lowest BCUT2D eigenvalue weighted by Gasteiger charge is -2.31. The van der Waals surface area contributed by atoms with Gasteiger partial charge in [0.2, 0.25) is 0 Å². The molecule has 2 heterocycles. The molecule has 1 N–H and O–H groups in total. The fourth-order valence-electron chi connectivity index (χ4n) is 3.61. The highest BCUT2D eigenvalue weighted by Gasteiger charge is 2.26. The number of guanidine groups is 1. The maximum atomic E-state index is 5.92. The minimum absolute atomic E-state index is 0.234. The molecule has 2 saturated heterocycles. The lowest BCUT2D eigenvalue weighted by molar-refractivity contribution is -0.0163. The summed E-state index contributed by atoms with van der Waals surface area (Å²) in [6.45, 7) is 7.14. The van der Waals surface area contributed by atoms with Gasteiger partial charge in [0.1, 0.15) is 0 Å². The van der Waals surface area contributed by atoms with Gasteiger partial charge in [0.15, 0.2) is 5.96 Å². The highest BCUT2D eigenvalue weighted by molar-refractivity contribution is 5.80. The van der Waals surface area contributed by atoms with E-state index < -0.39 is 0 Å². The van der Waals surface area contributed by atoms with Crippen LogP contribution in [0.25, 0.3) is 0 Å². The van der Waals surface area contributed by atoms with Gasteiger partial charge in [-0.1, -0.05) is 30.3 Å². The molecule has 3 rings (SSSR count). The van der Waals surface area contributed by atoms with Gasteiger partial charge in [0.05, 0.1) is 25.9 Å². The zero-order chi connectivity index (χ0) is 18.2. The molecule has 0 aliphatic carbocycles. The molecule has 2 atom stereocenters. The van der Waals surface area contributed by atoms with Gasteiger partial charge in [-0.05, 0) is 19.0 Å². The number of hydrogen-bond donors (Lipinski definition) is 1. The molecule has 2 unspecified atom stereocenters. The summed E-state index contributed by atoms with van der Waals surface area (Å²) in [5, 5.41) is 3.49. The largest absolute Gasteiger partial charge is 0.376 e. The van der Waals surface area contributed by atoms with Crippen molar-refractivity contribution in [2.24, 2.45) is 10.9 Å². The third-order valence-corrected chi connectivity index (χ3v) is 5.09. The standard InChI is InChI=1S/C20H32N4O2/c1-21-20(22-12-19-14-23(2)10-11-26-19)24-9-8-18(13-24)16-25-15-17-6-4-3-5-7-17/h3-7,18-19H,8-16H2,1-2H3,(H,21,22). The van der Waals surface area contributed by atoms with Gasteiger partial charge < -0.3 is 24.6 Å². The molecule has 26 heavy (non-hydrogen) atoms. The van der Waals surface area contributed by atoms with E-state index in [9.17, 15) is 0 Å². The lowest BCUT2D eigenvalue weighted by Crippen LogP contribution is -2.49. The Morgan fingerprint density at radius 1 is 1.27 bits per heavy atom. The molecule has 2 aliphatic heterocycles. The molecule has 6 heteroatoms. The number of ether oxygens (including phenoxy) is 2. The topological polar surface area (TPSA) is 49.3 Å². The third kappa shape index (κ3) is 5.69. The van der Waals surface area contributed by atoms with Gasteiger partial charge in [0.25, 0.3) is 0 Å². The first-order chi connectivity index (χ1) is 12.7. The van der Waals surface area contributed by atoms with Crippen LogP contribution in [0.3, 0.4) is 0 Å². The molecule has 2 fully saturated rings. The highest BCUT2D eigenvalue weighted by Crippen LogP contribution is 2.17. The summed E-state index contributed by atoms with van der Waals surface area (Å²) in [7, 11) is 4.00. The molecule has 0 radical (unpaired) electrons. The summed E-state index contributed by atoms with van der Waals surface area (Å²) >= 11 is 0. The Morgan fingerprint density at radius 2 is 2.12 bits per heavy atom. The Hall–Kier alpha value is -1.63. The Kier molecular flexibility index (Phi) is 7.29. The first kappa shape index (κ1) is 19.1. The average Bonchev–Trinajstić information content (AvgIpc) is 3.12. The van der Waals surface area contributed by atoms with E-state index in [0.717, 1.165) is 58.3 Å². The van der Waals surface area contributed by atoms with Gasteiger partial charge in [-0.3, -0.25) is 4.99 Å². The van der Waals surface area contributed by atoms with E-state index in [-0.39, 0.29) is 6.10 Å². The molecule has 1 aromatic rings. The molecular weight excluding hydrogens is 328 g/mol. The quantitative estimate of drug-likeness (QED) is 0.614. The Morgan fingerprint density at radius 3 is 2.88 bits per heavy atom. The van der Waals surface area contributed by atoms with Gasteiger partial charge in [-0.25, -0.2) is 0 Å². The van der Waals surface area contributed by atoms with E-state index in [1.54, 1.807) is 0 Å². The molecule has 0 saturated carbocycles. The maximum absolute atomic E-state index is 5.92. The zero-order valence-corrected chi connectivity index (χ0v) is 16.1. The van der Waals surface area contributed by atoms with Crippen molar-refractivity contribution < 1.29 is 9.47 Å². The summed E-state index contributed by atoms with van der Waals surface area (Å²) < 4.78 is 11.7. The zero-order valence-electron chi connectivity index (χ0n) is 16.1. The minimum Gasteiger partial charge on any atom is -0.376 e. The van der Waals surface area contributed by atoms with Crippen molar-refractivity contribution in [1.82, 2.24) is 15.1 Å². The number of rotatable bonds is 6. The molecule has 0 spiro atoms. The first-order valence-corrected chi connectivity index (χ1v) is 9.62. The van der Waals surface area contributed by atoms with Crippen molar-refractivity contribution in [1.29, 1.82) is 0 Å². The van der Waals surface area contributed by atoms with Crippen LogP contribution in [0.2, 0.25) is 0 Å². The molecule has 0 amide bonds. The van der Waals surface area contributed by atoms with Crippen LogP contribution < -0.4 is 5.32 Å². The summed E-state index contributed by atoms with van der Waals surface area (Å²) in [6, 6.07) is 10.4. The monoisotopic (exact) mass is 360 g/mol. The van der Waals surface area contributed by atoms with Gasteiger partial charge >= 0.3 is 0 Å². The third-order valence-electron chi connectivity index (χ3n) is 5.09. The van der Waals surface area contributed by atoms with E-state index in [4.69, 9.17) is 9.47 Å². The highest BCUT2D eigenvalue weighted by atomic mass is 16.5. The van der Waals surface area contributed by atoms with Crippen molar-refractivity contribution in [2.45, 2.75) is 19.1 Å². The second-order valence-electron chi connectivity index (χ2n) is 7.28. The van der Waals surface area contributed by atoms with Crippen molar-refractivity contribution in [3.05, 3.63) is 35.9 Å². The Labute approximate surface area is 157 Å². The van der Waals surface area contributed by atoms with Crippen molar-refractivity contribution in [3.63, 3.8) is 0 Å². The number of morpholine rings is 1. The van der Waals surface area contributed by atoms with Gasteiger partial charge in [-0.15, -0.1) is 0 Å². The van der Waals surface area contributed by atoms with E-state index >= 15 is 0 Å². The molecule has 1 aromatic carbocycles. The average molecular weight is 361 g/mol. The number of likely N-dealkylation sites (tertiary alicyclic amines) is 1. The van der Waals surface area contributed by atoms with Crippen molar-refractivity contribution >= 4 is 5.96 Å². The van der Waals surface area contributed by atoms with Crippen LogP contribution in [-0.4, -0.2) is 81.9 Å². The van der Waals surface area contributed by atoms with Crippen molar-refractivity contribution in [2.75, 3.05) is 60.0 Å². The van der Waals surface area contributed by atoms with Crippen LogP contribution in [0.15, 0.2) is 35.3 Å². The smallest absolute Gasteiger partial charge is 0.193 e. The molecule has 2 aliphatic rings. The minimum atomic E-state index is 0.234. The van der Waals surface area contributed by atoms with Gasteiger partial charge in [-0.2, -0.15) is 0 Å². The van der Waals surface area contributed by atoms with Crippen LogP contribution in [0.1, 0.15) is 12.0 Å². The number of nitrogens with zero attached hydrogens (tertiary/aromatic N) is 3.